The molecule has 0 aromatic carbocycles. The molecule has 0 N–H and O–H groups in total. The van der Waals surface area contributed by atoms with E-state index < -0.39 is 11.0 Å². The van der Waals surface area contributed by atoms with Crippen LogP contribution in [0.4, 0.5) is 4.79 Å². The highest BCUT2D eigenvalue weighted by Gasteiger charge is 2.41. The number of nitrogens with zero attached hydrogens (tertiary/aromatic N) is 2. The molecular formula is C16H30N2O3. The second-order valence-corrected chi connectivity index (χ2v) is 7.04. The summed E-state index contributed by atoms with van der Waals surface area (Å²) in [4.78, 5) is 28.4. The Bertz CT molecular complexity index is 385. The van der Waals surface area contributed by atoms with Gasteiger partial charge in [0.1, 0.15) is 5.60 Å². The summed E-state index contributed by atoms with van der Waals surface area (Å²) in [6, 6.07) is 0. The maximum atomic E-state index is 12.7. The number of ether oxygens (including phenoxy) is 1. The first-order chi connectivity index (χ1) is 9.63. The van der Waals surface area contributed by atoms with E-state index in [-0.39, 0.29) is 12.0 Å². The van der Waals surface area contributed by atoms with Gasteiger partial charge in [-0.25, -0.2) is 4.79 Å². The van der Waals surface area contributed by atoms with Crippen LogP contribution in [0.25, 0.3) is 0 Å². The number of carbonyl (C=O) groups excluding carboxylic acids is 2. The summed E-state index contributed by atoms with van der Waals surface area (Å²) in [6.45, 7) is 14.0. The van der Waals surface area contributed by atoms with Crippen LogP contribution in [0.15, 0.2) is 0 Å². The molecule has 0 saturated carbocycles. The first-order valence-electron chi connectivity index (χ1n) is 7.90. The molecule has 1 rings (SSSR count). The molecule has 0 aromatic rings. The zero-order valence-corrected chi connectivity index (χ0v) is 14.4. The van der Waals surface area contributed by atoms with Gasteiger partial charge in [0.2, 0.25) is 5.91 Å². The van der Waals surface area contributed by atoms with Gasteiger partial charge >= 0.3 is 6.09 Å². The Morgan fingerprint density at radius 2 is 1.81 bits per heavy atom. The third-order valence-electron chi connectivity index (χ3n) is 3.92. The zero-order chi connectivity index (χ0) is 16.3. The number of carbonyl (C=O) groups is 2. The van der Waals surface area contributed by atoms with Gasteiger partial charge in [0.15, 0.2) is 0 Å². The predicted molar refractivity (Wildman–Crippen MR) is 83.1 cm³/mol. The first-order valence-corrected chi connectivity index (χ1v) is 7.90. The molecule has 1 heterocycles. The van der Waals surface area contributed by atoms with E-state index in [1.165, 1.54) is 0 Å². The number of rotatable bonds is 3. The molecule has 1 aliphatic rings. The van der Waals surface area contributed by atoms with Crippen molar-refractivity contribution in [1.29, 1.82) is 0 Å². The van der Waals surface area contributed by atoms with Crippen molar-refractivity contribution in [1.82, 2.24) is 9.80 Å². The fourth-order valence-electron chi connectivity index (χ4n) is 2.79. The minimum absolute atomic E-state index is 0.140. The van der Waals surface area contributed by atoms with Crippen molar-refractivity contribution in [3.63, 3.8) is 0 Å². The third kappa shape index (κ3) is 4.61. The molecule has 0 aromatic heterocycles. The zero-order valence-electron chi connectivity index (χ0n) is 14.4. The Labute approximate surface area is 128 Å². The second-order valence-electron chi connectivity index (χ2n) is 7.04. The molecule has 0 aliphatic carbocycles. The highest BCUT2D eigenvalue weighted by Crippen LogP contribution is 2.32. The summed E-state index contributed by atoms with van der Waals surface area (Å²) in [5.41, 5.74) is -1.00. The van der Waals surface area contributed by atoms with Crippen LogP contribution >= 0.6 is 0 Å². The molecule has 5 nitrogen and oxygen atoms in total. The van der Waals surface area contributed by atoms with E-state index in [4.69, 9.17) is 4.74 Å². The lowest BCUT2D eigenvalue weighted by atomic mass is 9.80. The van der Waals surface area contributed by atoms with Crippen LogP contribution < -0.4 is 0 Å². The van der Waals surface area contributed by atoms with E-state index >= 15 is 0 Å². The van der Waals surface area contributed by atoms with Gasteiger partial charge < -0.3 is 14.5 Å². The molecule has 0 radical (unpaired) electrons. The summed E-state index contributed by atoms with van der Waals surface area (Å²) in [7, 11) is 0. The van der Waals surface area contributed by atoms with Crippen LogP contribution in [0.2, 0.25) is 0 Å². The van der Waals surface area contributed by atoms with E-state index in [0.29, 0.717) is 26.2 Å². The van der Waals surface area contributed by atoms with Crippen LogP contribution in [0, 0.1) is 5.41 Å². The van der Waals surface area contributed by atoms with Crippen molar-refractivity contribution in [3.05, 3.63) is 0 Å². The molecule has 1 saturated heterocycles. The predicted octanol–water partition coefficient (Wildman–Crippen LogP) is 2.89. The summed E-state index contributed by atoms with van der Waals surface area (Å²) < 4.78 is 5.43. The molecule has 0 bridgehead atoms. The van der Waals surface area contributed by atoms with E-state index in [1.807, 2.05) is 46.4 Å². The quantitative estimate of drug-likeness (QED) is 0.805. The lowest BCUT2D eigenvalue weighted by Crippen LogP contribution is -2.53. The number of amides is 2. The Balaban J connectivity index is 2.79. The van der Waals surface area contributed by atoms with Crippen LogP contribution in [0.5, 0.6) is 0 Å². The second kappa shape index (κ2) is 6.67. The Morgan fingerprint density at radius 3 is 2.29 bits per heavy atom. The van der Waals surface area contributed by atoms with Crippen molar-refractivity contribution in [2.75, 3.05) is 26.2 Å². The van der Waals surface area contributed by atoms with E-state index in [1.54, 1.807) is 4.90 Å². The average Bonchev–Trinajstić information content (AvgIpc) is 2.38. The van der Waals surface area contributed by atoms with Crippen LogP contribution in [-0.4, -0.2) is 53.6 Å². The van der Waals surface area contributed by atoms with Gasteiger partial charge in [0.05, 0.1) is 5.41 Å². The Kier molecular flexibility index (Phi) is 5.65. The molecule has 21 heavy (non-hydrogen) atoms. The van der Waals surface area contributed by atoms with E-state index in [2.05, 4.69) is 0 Å². The fraction of sp³-hybridized carbons (Fsp3) is 0.875. The van der Waals surface area contributed by atoms with Crippen LogP contribution in [0.3, 0.4) is 0 Å². The molecule has 1 aliphatic heterocycles. The topological polar surface area (TPSA) is 49.9 Å². The first kappa shape index (κ1) is 17.8. The lowest BCUT2D eigenvalue weighted by Gasteiger charge is -2.41. The molecule has 2 amide bonds. The number of likely N-dealkylation sites (tertiary alicyclic amines) is 1. The summed E-state index contributed by atoms with van der Waals surface area (Å²) >= 11 is 0. The molecule has 1 fully saturated rings. The maximum Gasteiger partial charge on any atom is 0.410 e. The molecule has 1 atom stereocenters. The number of hydrogen-bond acceptors (Lipinski definition) is 3. The minimum Gasteiger partial charge on any atom is -0.444 e. The minimum atomic E-state index is -0.506. The van der Waals surface area contributed by atoms with Gasteiger partial charge in [-0.05, 0) is 54.4 Å². The summed E-state index contributed by atoms with van der Waals surface area (Å²) in [6.07, 6.45) is 1.34. The summed E-state index contributed by atoms with van der Waals surface area (Å²) in [5, 5.41) is 0. The van der Waals surface area contributed by atoms with Gasteiger partial charge in [-0.2, -0.15) is 0 Å². The smallest absolute Gasteiger partial charge is 0.410 e. The lowest BCUT2D eigenvalue weighted by molar-refractivity contribution is -0.143. The highest BCUT2D eigenvalue weighted by atomic mass is 16.6. The van der Waals surface area contributed by atoms with E-state index in [9.17, 15) is 9.59 Å². The van der Waals surface area contributed by atoms with Gasteiger partial charge in [-0.3, -0.25) is 4.79 Å². The standard InChI is InChI=1S/C16H30N2O3/c1-7-17(8-2)13(19)16(6)10-9-11-18(12-16)14(20)21-15(3,4)5/h7-12H2,1-6H3. The van der Waals surface area contributed by atoms with Gasteiger partial charge in [0, 0.05) is 26.2 Å². The highest BCUT2D eigenvalue weighted by molar-refractivity contribution is 5.83. The maximum absolute atomic E-state index is 12.7. The van der Waals surface area contributed by atoms with Crippen molar-refractivity contribution in [2.24, 2.45) is 5.41 Å². The van der Waals surface area contributed by atoms with Crippen molar-refractivity contribution in [2.45, 2.75) is 60.0 Å². The number of piperidine rings is 1. The van der Waals surface area contributed by atoms with Crippen molar-refractivity contribution >= 4 is 12.0 Å². The van der Waals surface area contributed by atoms with Crippen molar-refractivity contribution in [3.8, 4) is 0 Å². The fourth-order valence-corrected chi connectivity index (χ4v) is 2.79. The van der Waals surface area contributed by atoms with Gasteiger partial charge in [-0.1, -0.05) is 0 Å². The molecule has 5 heteroatoms. The van der Waals surface area contributed by atoms with Crippen molar-refractivity contribution < 1.29 is 14.3 Å². The van der Waals surface area contributed by atoms with Crippen LogP contribution in [0.1, 0.15) is 54.4 Å². The van der Waals surface area contributed by atoms with Gasteiger partial charge in [0.25, 0.3) is 0 Å². The largest absolute Gasteiger partial charge is 0.444 e. The third-order valence-corrected chi connectivity index (χ3v) is 3.92. The molecule has 122 valence electrons. The normalized spacial score (nSPS) is 22.9. The monoisotopic (exact) mass is 298 g/mol. The molecular weight excluding hydrogens is 268 g/mol. The number of hydrogen-bond donors (Lipinski definition) is 0. The van der Waals surface area contributed by atoms with Crippen LogP contribution in [-0.2, 0) is 9.53 Å². The Hall–Kier alpha value is -1.26. The SMILES string of the molecule is CCN(CC)C(=O)C1(C)CCCN(C(=O)OC(C)(C)C)C1. The Morgan fingerprint density at radius 1 is 1.24 bits per heavy atom. The molecule has 1 unspecified atom stereocenters. The average molecular weight is 298 g/mol. The summed E-state index contributed by atoms with van der Waals surface area (Å²) in [5.74, 6) is 0.140. The van der Waals surface area contributed by atoms with Gasteiger partial charge in [-0.15, -0.1) is 0 Å². The van der Waals surface area contributed by atoms with E-state index in [0.717, 1.165) is 12.8 Å². The molecule has 0 spiro atoms.